The first-order valence-corrected chi connectivity index (χ1v) is 13.1. The molecular weight excluding hydrogens is 397 g/mol. The van der Waals surface area contributed by atoms with Gasteiger partial charge in [0.25, 0.3) is 0 Å². The highest BCUT2D eigenvalue weighted by atomic mass is 19.1. The van der Waals surface area contributed by atoms with Gasteiger partial charge in [0, 0.05) is 17.8 Å². The molecule has 0 saturated carbocycles. The van der Waals surface area contributed by atoms with E-state index >= 15 is 0 Å². The van der Waals surface area contributed by atoms with Crippen molar-refractivity contribution in [1.29, 1.82) is 0 Å². The van der Waals surface area contributed by atoms with Crippen molar-refractivity contribution < 1.29 is 9.13 Å². The zero-order valence-corrected chi connectivity index (χ0v) is 20.5. The molecule has 1 heterocycles. The van der Waals surface area contributed by atoms with Gasteiger partial charge in [0.2, 0.25) is 0 Å². The molecule has 0 unspecified atom stereocenters. The maximum absolute atomic E-state index is 14.6. The monoisotopic (exact) mass is 441 g/mol. The van der Waals surface area contributed by atoms with E-state index in [1.165, 1.54) is 95.1 Å². The molecule has 0 aliphatic rings. The van der Waals surface area contributed by atoms with Gasteiger partial charge < -0.3 is 4.74 Å². The largest absolute Gasteiger partial charge is 0.493 e. The van der Waals surface area contributed by atoms with Gasteiger partial charge in [0.1, 0.15) is 11.6 Å². The van der Waals surface area contributed by atoms with Crippen molar-refractivity contribution >= 4 is 0 Å². The first-order chi connectivity index (χ1) is 15.7. The summed E-state index contributed by atoms with van der Waals surface area (Å²) in [5, 5.41) is 0. The molecule has 0 spiro atoms. The van der Waals surface area contributed by atoms with Crippen LogP contribution in [0.25, 0.3) is 11.3 Å². The zero-order chi connectivity index (χ0) is 22.9. The number of aromatic nitrogens is 1. The van der Waals surface area contributed by atoms with Gasteiger partial charge in [-0.3, -0.25) is 4.98 Å². The van der Waals surface area contributed by atoms with E-state index in [4.69, 9.17) is 4.74 Å². The van der Waals surface area contributed by atoms with Crippen LogP contribution in [0, 0.1) is 5.82 Å². The molecule has 0 N–H and O–H groups in total. The van der Waals surface area contributed by atoms with Gasteiger partial charge in [0.05, 0.1) is 12.3 Å². The number of nitrogens with zero attached hydrogens (tertiary/aromatic N) is 1. The highest BCUT2D eigenvalue weighted by Gasteiger charge is 2.08. The summed E-state index contributed by atoms with van der Waals surface area (Å²) in [6.45, 7) is 5.14. The van der Waals surface area contributed by atoms with Gasteiger partial charge in [0.15, 0.2) is 0 Å². The van der Waals surface area contributed by atoms with E-state index in [0.717, 1.165) is 12.8 Å². The lowest BCUT2D eigenvalue weighted by atomic mass is 10.0. The third-order valence-corrected chi connectivity index (χ3v) is 6.13. The van der Waals surface area contributed by atoms with Crippen molar-refractivity contribution in [2.75, 3.05) is 6.61 Å². The molecule has 0 atom stereocenters. The summed E-state index contributed by atoms with van der Waals surface area (Å²) >= 11 is 0. The van der Waals surface area contributed by atoms with E-state index < -0.39 is 0 Å². The van der Waals surface area contributed by atoms with Crippen molar-refractivity contribution in [1.82, 2.24) is 4.98 Å². The van der Waals surface area contributed by atoms with Crippen molar-refractivity contribution in [3.05, 3.63) is 47.9 Å². The quantitative estimate of drug-likeness (QED) is 0.215. The van der Waals surface area contributed by atoms with Crippen LogP contribution < -0.4 is 4.74 Å². The van der Waals surface area contributed by atoms with Crippen LogP contribution in [-0.4, -0.2) is 11.6 Å². The van der Waals surface area contributed by atoms with Crippen LogP contribution in [-0.2, 0) is 6.42 Å². The molecule has 0 radical (unpaired) electrons. The predicted octanol–water partition coefficient (Wildman–Crippen LogP) is 9.31. The van der Waals surface area contributed by atoms with Crippen LogP contribution in [0.4, 0.5) is 4.39 Å². The molecule has 0 fully saturated rings. The van der Waals surface area contributed by atoms with Gasteiger partial charge >= 0.3 is 0 Å². The number of halogens is 1. The molecular formula is C29H44FNO. The molecule has 3 heteroatoms. The SMILES string of the molecule is CCCCCCCCCCOc1ccc(-c2ccc(CCCCCCCC)cn2)c(F)c1. The number of pyridine rings is 1. The Morgan fingerprint density at radius 2 is 1.34 bits per heavy atom. The summed E-state index contributed by atoms with van der Waals surface area (Å²) in [4.78, 5) is 4.51. The minimum absolute atomic E-state index is 0.269. The van der Waals surface area contributed by atoms with Crippen LogP contribution in [0.5, 0.6) is 5.75 Å². The maximum Gasteiger partial charge on any atom is 0.136 e. The number of hydrogen-bond donors (Lipinski definition) is 0. The number of aryl methyl sites for hydroxylation is 1. The summed E-state index contributed by atoms with van der Waals surface area (Å²) in [6.07, 6.45) is 20.8. The number of ether oxygens (including phenoxy) is 1. The molecule has 0 bridgehead atoms. The Morgan fingerprint density at radius 3 is 1.94 bits per heavy atom. The van der Waals surface area contributed by atoms with Crippen molar-refractivity contribution in [3.63, 3.8) is 0 Å². The molecule has 0 amide bonds. The molecule has 0 saturated heterocycles. The third-order valence-electron chi connectivity index (χ3n) is 6.13. The van der Waals surface area contributed by atoms with Gasteiger partial charge in [-0.15, -0.1) is 0 Å². The van der Waals surface area contributed by atoms with Crippen molar-refractivity contribution in [3.8, 4) is 17.0 Å². The second-order valence-corrected chi connectivity index (χ2v) is 9.03. The average Bonchev–Trinajstić information content (AvgIpc) is 2.81. The Hall–Kier alpha value is -1.90. The van der Waals surface area contributed by atoms with Crippen molar-refractivity contribution in [2.24, 2.45) is 0 Å². The Morgan fingerprint density at radius 1 is 0.719 bits per heavy atom. The molecule has 1 aromatic carbocycles. The molecule has 0 aliphatic carbocycles. The highest BCUT2D eigenvalue weighted by molar-refractivity contribution is 5.61. The first kappa shape index (κ1) is 26.4. The normalized spacial score (nSPS) is 11.1. The number of rotatable bonds is 18. The zero-order valence-electron chi connectivity index (χ0n) is 20.5. The van der Waals surface area contributed by atoms with Gasteiger partial charge in [-0.1, -0.05) is 97.0 Å². The number of hydrogen-bond acceptors (Lipinski definition) is 2. The standard InChI is InChI=1S/C29H44FNO/c1-3-5-7-9-11-12-14-16-22-32-26-19-20-27(28(30)23-26)29-21-18-25(24-31-29)17-15-13-10-8-6-4-2/h18-21,23-24H,3-17,22H2,1-2H3. The second-order valence-electron chi connectivity index (χ2n) is 9.03. The van der Waals surface area contributed by atoms with Gasteiger partial charge in [-0.2, -0.15) is 0 Å². The lowest BCUT2D eigenvalue weighted by molar-refractivity contribution is 0.303. The third kappa shape index (κ3) is 10.6. The topological polar surface area (TPSA) is 22.1 Å². The molecule has 32 heavy (non-hydrogen) atoms. The van der Waals surface area contributed by atoms with E-state index in [9.17, 15) is 4.39 Å². The molecule has 2 nitrogen and oxygen atoms in total. The van der Waals surface area contributed by atoms with E-state index in [-0.39, 0.29) is 5.82 Å². The smallest absolute Gasteiger partial charge is 0.136 e. The molecule has 2 rings (SSSR count). The molecule has 178 valence electrons. The van der Waals surface area contributed by atoms with Crippen LogP contribution in [0.2, 0.25) is 0 Å². The maximum atomic E-state index is 14.6. The number of benzene rings is 1. The van der Waals surface area contributed by atoms with E-state index in [2.05, 4.69) is 24.9 Å². The highest BCUT2D eigenvalue weighted by Crippen LogP contribution is 2.25. The fourth-order valence-electron chi connectivity index (χ4n) is 4.06. The summed E-state index contributed by atoms with van der Waals surface area (Å²) in [5.41, 5.74) is 2.45. The second kappa shape index (κ2) is 16.7. The van der Waals surface area contributed by atoms with Crippen LogP contribution in [0.1, 0.15) is 109 Å². The molecule has 2 aromatic rings. The Labute approximate surface area is 196 Å². The van der Waals surface area contributed by atoms with Gasteiger partial charge in [-0.25, -0.2) is 4.39 Å². The van der Waals surface area contributed by atoms with Crippen molar-refractivity contribution in [2.45, 2.75) is 110 Å². The summed E-state index contributed by atoms with van der Waals surface area (Å²) in [7, 11) is 0. The fraction of sp³-hybridized carbons (Fsp3) is 0.621. The molecule has 1 aromatic heterocycles. The Bertz CT molecular complexity index is 728. The summed E-state index contributed by atoms with van der Waals surface area (Å²) in [6, 6.07) is 9.15. The van der Waals surface area contributed by atoms with Gasteiger partial charge in [-0.05, 0) is 43.0 Å². The summed E-state index contributed by atoms with van der Waals surface area (Å²) < 4.78 is 20.4. The minimum Gasteiger partial charge on any atom is -0.493 e. The Kier molecular flexibility index (Phi) is 13.7. The van der Waals surface area contributed by atoms with Crippen LogP contribution >= 0.6 is 0 Å². The van der Waals surface area contributed by atoms with E-state index in [1.807, 2.05) is 18.3 Å². The average molecular weight is 442 g/mol. The van der Waals surface area contributed by atoms with E-state index in [1.54, 1.807) is 6.07 Å². The lowest BCUT2D eigenvalue weighted by Crippen LogP contribution is -1.98. The van der Waals surface area contributed by atoms with E-state index in [0.29, 0.717) is 23.6 Å². The van der Waals surface area contributed by atoms with Crippen LogP contribution in [0.15, 0.2) is 36.5 Å². The Balaban J connectivity index is 1.69. The van der Waals surface area contributed by atoms with Crippen LogP contribution in [0.3, 0.4) is 0 Å². The lowest BCUT2D eigenvalue weighted by Gasteiger charge is -2.09. The fourth-order valence-corrected chi connectivity index (χ4v) is 4.06. The molecule has 0 aliphatic heterocycles. The minimum atomic E-state index is -0.269. The predicted molar refractivity (Wildman–Crippen MR) is 135 cm³/mol. The first-order valence-electron chi connectivity index (χ1n) is 13.1. The number of unbranched alkanes of at least 4 members (excludes halogenated alkanes) is 12. The summed E-state index contributed by atoms with van der Waals surface area (Å²) in [5.74, 6) is 0.337.